The Morgan fingerprint density at radius 3 is 2.50 bits per heavy atom. The van der Waals surface area contributed by atoms with E-state index >= 15 is 0 Å². The van der Waals surface area contributed by atoms with E-state index in [-0.39, 0.29) is 5.41 Å². The third kappa shape index (κ3) is 4.60. The van der Waals surface area contributed by atoms with Crippen molar-refractivity contribution in [2.24, 2.45) is 0 Å². The van der Waals surface area contributed by atoms with E-state index in [4.69, 9.17) is 0 Å². The third-order valence-corrected chi connectivity index (χ3v) is 4.50. The van der Waals surface area contributed by atoms with Crippen molar-refractivity contribution in [3.8, 4) is 0 Å². The highest BCUT2D eigenvalue weighted by Gasteiger charge is 2.26. The van der Waals surface area contributed by atoms with Gasteiger partial charge in [0.05, 0.1) is 0 Å². The minimum absolute atomic E-state index is 0.232. The second-order valence-electron chi connectivity index (χ2n) is 7.02. The summed E-state index contributed by atoms with van der Waals surface area (Å²) in [5, 5.41) is 3.68. The van der Waals surface area contributed by atoms with Crippen LogP contribution in [0.5, 0.6) is 0 Å². The molecule has 1 aliphatic rings. The Kier molecular flexibility index (Phi) is 5.22. The lowest BCUT2D eigenvalue weighted by molar-refractivity contribution is 0.306. The van der Waals surface area contributed by atoms with Crippen molar-refractivity contribution in [2.45, 2.75) is 57.5 Å². The average molecular weight is 274 g/mol. The zero-order chi connectivity index (χ0) is 14.6. The summed E-state index contributed by atoms with van der Waals surface area (Å²) in [6.07, 6.45) is 3.96. The van der Waals surface area contributed by atoms with Crippen LogP contribution in [0, 0.1) is 0 Å². The van der Waals surface area contributed by atoms with Gasteiger partial charge in [0.25, 0.3) is 0 Å². The number of nitrogens with one attached hydrogen (secondary N) is 1. The molecule has 0 aromatic heterocycles. The van der Waals surface area contributed by atoms with Gasteiger partial charge >= 0.3 is 0 Å². The van der Waals surface area contributed by atoms with E-state index in [1.165, 1.54) is 31.4 Å². The van der Waals surface area contributed by atoms with Gasteiger partial charge in [-0.15, -0.1) is 0 Å². The van der Waals surface area contributed by atoms with Crippen LogP contribution >= 0.6 is 0 Å². The molecule has 1 aromatic rings. The highest BCUT2D eigenvalue weighted by molar-refractivity contribution is 5.23. The second kappa shape index (κ2) is 6.73. The summed E-state index contributed by atoms with van der Waals surface area (Å²) >= 11 is 0. The van der Waals surface area contributed by atoms with Crippen molar-refractivity contribution in [1.82, 2.24) is 10.2 Å². The van der Waals surface area contributed by atoms with E-state index in [1.54, 1.807) is 0 Å². The largest absolute Gasteiger partial charge is 0.313 e. The van der Waals surface area contributed by atoms with Crippen LogP contribution in [-0.4, -0.2) is 37.1 Å². The maximum absolute atomic E-state index is 3.68. The first-order valence-corrected chi connectivity index (χ1v) is 7.98. The van der Waals surface area contributed by atoms with E-state index in [0.717, 1.165) is 12.6 Å². The summed E-state index contributed by atoms with van der Waals surface area (Å²) in [6.45, 7) is 9.26. The molecule has 1 N–H and O–H groups in total. The molecule has 2 heteroatoms. The maximum Gasteiger partial charge on any atom is 0.0107 e. The Balaban J connectivity index is 1.74. The predicted molar refractivity (Wildman–Crippen MR) is 87.2 cm³/mol. The van der Waals surface area contributed by atoms with Crippen molar-refractivity contribution in [3.05, 3.63) is 35.9 Å². The van der Waals surface area contributed by atoms with Gasteiger partial charge in [-0.05, 0) is 44.2 Å². The molecular weight excluding hydrogens is 244 g/mol. The van der Waals surface area contributed by atoms with Crippen LogP contribution < -0.4 is 5.32 Å². The first-order chi connectivity index (χ1) is 9.49. The first-order valence-electron chi connectivity index (χ1n) is 7.98. The molecule has 1 atom stereocenters. The Labute approximate surface area is 124 Å². The Morgan fingerprint density at radius 2 is 1.90 bits per heavy atom. The van der Waals surface area contributed by atoms with E-state index in [9.17, 15) is 0 Å². The fourth-order valence-corrected chi connectivity index (χ4v) is 3.03. The highest BCUT2D eigenvalue weighted by Crippen LogP contribution is 2.28. The van der Waals surface area contributed by atoms with E-state index < -0.39 is 0 Å². The van der Waals surface area contributed by atoms with Gasteiger partial charge in [0.2, 0.25) is 0 Å². The van der Waals surface area contributed by atoms with Crippen LogP contribution in [0.3, 0.4) is 0 Å². The minimum Gasteiger partial charge on any atom is -0.313 e. The molecule has 2 nitrogen and oxygen atoms in total. The summed E-state index contributed by atoms with van der Waals surface area (Å²) in [5.74, 6) is 0. The molecule has 112 valence electrons. The number of hydrogen-bond acceptors (Lipinski definition) is 2. The second-order valence-corrected chi connectivity index (χ2v) is 7.02. The SMILES string of the molecule is CC(CC(C)(C)c1ccccc1)NCCN(C)C1CC1. The van der Waals surface area contributed by atoms with E-state index in [0.29, 0.717) is 6.04 Å². The smallest absolute Gasteiger partial charge is 0.0107 e. The van der Waals surface area contributed by atoms with Crippen LogP contribution in [-0.2, 0) is 5.41 Å². The van der Waals surface area contributed by atoms with Crippen LogP contribution in [0.4, 0.5) is 0 Å². The lowest BCUT2D eigenvalue weighted by Crippen LogP contribution is -2.38. The Bertz CT molecular complexity index is 395. The zero-order valence-corrected chi connectivity index (χ0v) is 13.5. The number of benzene rings is 1. The topological polar surface area (TPSA) is 15.3 Å². The molecule has 1 fully saturated rings. The quantitative estimate of drug-likeness (QED) is 0.781. The van der Waals surface area contributed by atoms with Gasteiger partial charge in [0.1, 0.15) is 0 Å². The summed E-state index contributed by atoms with van der Waals surface area (Å²) in [6, 6.07) is 12.3. The molecule has 20 heavy (non-hydrogen) atoms. The van der Waals surface area contributed by atoms with Gasteiger partial charge in [0, 0.05) is 25.2 Å². The summed E-state index contributed by atoms with van der Waals surface area (Å²) in [5.41, 5.74) is 1.67. The fourth-order valence-electron chi connectivity index (χ4n) is 3.03. The van der Waals surface area contributed by atoms with Gasteiger partial charge in [-0.1, -0.05) is 44.2 Å². The standard InChI is InChI=1S/C18H30N2/c1-15(19-12-13-20(4)17-10-11-17)14-18(2,3)16-8-6-5-7-9-16/h5-9,15,17,19H,10-14H2,1-4H3. The summed E-state index contributed by atoms with van der Waals surface area (Å²) in [7, 11) is 2.25. The van der Waals surface area contributed by atoms with Gasteiger partial charge in [-0.3, -0.25) is 0 Å². The third-order valence-electron chi connectivity index (χ3n) is 4.50. The van der Waals surface area contributed by atoms with Crippen LogP contribution in [0.15, 0.2) is 30.3 Å². The van der Waals surface area contributed by atoms with Gasteiger partial charge in [-0.2, -0.15) is 0 Å². The van der Waals surface area contributed by atoms with Crippen LogP contribution in [0.1, 0.15) is 45.6 Å². The Hall–Kier alpha value is -0.860. The Morgan fingerprint density at radius 1 is 1.25 bits per heavy atom. The van der Waals surface area contributed by atoms with Crippen LogP contribution in [0.25, 0.3) is 0 Å². The van der Waals surface area contributed by atoms with Gasteiger partial charge in [-0.25, -0.2) is 0 Å². The molecule has 1 unspecified atom stereocenters. The highest BCUT2D eigenvalue weighted by atomic mass is 15.2. The maximum atomic E-state index is 3.68. The lowest BCUT2D eigenvalue weighted by Gasteiger charge is -2.29. The predicted octanol–water partition coefficient (Wildman–Crippen LogP) is 3.43. The molecule has 0 radical (unpaired) electrons. The van der Waals surface area contributed by atoms with Gasteiger partial charge < -0.3 is 10.2 Å². The fraction of sp³-hybridized carbons (Fsp3) is 0.667. The van der Waals surface area contributed by atoms with E-state index in [1.807, 2.05) is 0 Å². The molecule has 1 saturated carbocycles. The van der Waals surface area contributed by atoms with Crippen molar-refractivity contribution in [2.75, 3.05) is 20.1 Å². The molecule has 0 saturated heterocycles. The number of nitrogens with zero attached hydrogens (tertiary/aromatic N) is 1. The van der Waals surface area contributed by atoms with E-state index in [2.05, 4.69) is 68.4 Å². The van der Waals surface area contributed by atoms with Crippen molar-refractivity contribution < 1.29 is 0 Å². The van der Waals surface area contributed by atoms with Gasteiger partial charge in [0.15, 0.2) is 0 Å². The molecular formula is C18H30N2. The van der Waals surface area contributed by atoms with Crippen molar-refractivity contribution >= 4 is 0 Å². The average Bonchev–Trinajstić information content (AvgIpc) is 3.23. The molecule has 2 rings (SSSR count). The summed E-state index contributed by atoms with van der Waals surface area (Å²) in [4.78, 5) is 2.49. The minimum atomic E-state index is 0.232. The van der Waals surface area contributed by atoms with Crippen LogP contribution in [0.2, 0.25) is 0 Å². The van der Waals surface area contributed by atoms with Crippen molar-refractivity contribution in [3.63, 3.8) is 0 Å². The molecule has 1 aromatic carbocycles. The number of rotatable bonds is 8. The molecule has 0 spiro atoms. The zero-order valence-electron chi connectivity index (χ0n) is 13.5. The molecule has 0 heterocycles. The molecule has 1 aliphatic carbocycles. The summed E-state index contributed by atoms with van der Waals surface area (Å²) < 4.78 is 0. The van der Waals surface area contributed by atoms with Crippen molar-refractivity contribution in [1.29, 1.82) is 0 Å². The first kappa shape index (κ1) is 15.5. The molecule has 0 amide bonds. The lowest BCUT2D eigenvalue weighted by atomic mass is 9.79. The monoisotopic (exact) mass is 274 g/mol. The number of hydrogen-bond donors (Lipinski definition) is 1. The number of likely N-dealkylation sites (N-methyl/N-ethyl adjacent to an activating group) is 1. The normalized spacial score (nSPS) is 17.4. The molecule has 0 bridgehead atoms. The molecule has 0 aliphatic heterocycles.